The molecule has 6 nitrogen and oxygen atoms in total. The maximum atomic E-state index is 9.17. The van der Waals surface area contributed by atoms with Gasteiger partial charge in [-0.15, -0.1) is 12.4 Å². The molecular formula is C11H19ClN4O2. The molecular weight excluding hydrogens is 256 g/mol. The summed E-state index contributed by atoms with van der Waals surface area (Å²) in [5, 5.41) is 12.4. The molecule has 0 spiro atoms. The summed E-state index contributed by atoms with van der Waals surface area (Å²) in [5.74, 6) is 1.16. The van der Waals surface area contributed by atoms with Crippen molar-refractivity contribution >= 4 is 23.9 Å². The number of pyridine rings is 1. The Balaban J connectivity index is 0.00000162. The minimum Gasteiger partial charge on any atom is -0.494 e. The van der Waals surface area contributed by atoms with Crippen LogP contribution < -0.4 is 20.7 Å². The molecule has 7 heteroatoms. The van der Waals surface area contributed by atoms with Crippen molar-refractivity contribution in [2.24, 2.45) is 0 Å². The highest BCUT2D eigenvalue weighted by Gasteiger charge is 2.21. The number of piperazine rings is 1. The van der Waals surface area contributed by atoms with E-state index >= 15 is 0 Å². The third kappa shape index (κ3) is 3.16. The summed E-state index contributed by atoms with van der Waals surface area (Å²) in [6, 6.07) is 1.80. The van der Waals surface area contributed by atoms with Crippen molar-refractivity contribution < 1.29 is 9.84 Å². The van der Waals surface area contributed by atoms with Gasteiger partial charge < -0.3 is 25.8 Å². The summed E-state index contributed by atoms with van der Waals surface area (Å²) in [7, 11) is 1.62. The molecule has 1 aromatic rings. The smallest absolute Gasteiger partial charge is 0.147 e. The van der Waals surface area contributed by atoms with Crippen molar-refractivity contribution in [3.8, 4) is 5.75 Å². The Morgan fingerprint density at radius 2 is 2.44 bits per heavy atom. The highest BCUT2D eigenvalue weighted by molar-refractivity contribution is 5.85. The Morgan fingerprint density at radius 3 is 3.11 bits per heavy atom. The number of nitrogens with one attached hydrogen (secondary N) is 1. The van der Waals surface area contributed by atoms with E-state index in [4.69, 9.17) is 10.5 Å². The molecule has 1 aliphatic rings. The summed E-state index contributed by atoms with van der Waals surface area (Å²) in [6.45, 7) is 2.55. The number of nitrogen functional groups attached to an aromatic ring is 1. The van der Waals surface area contributed by atoms with Gasteiger partial charge in [-0.3, -0.25) is 0 Å². The summed E-state index contributed by atoms with van der Waals surface area (Å²) < 4.78 is 5.30. The fraction of sp³-hybridized carbons (Fsp3) is 0.545. The van der Waals surface area contributed by atoms with Crippen LogP contribution in [0.5, 0.6) is 5.75 Å². The van der Waals surface area contributed by atoms with Crippen molar-refractivity contribution in [2.75, 3.05) is 44.0 Å². The molecule has 4 N–H and O–H groups in total. The van der Waals surface area contributed by atoms with Crippen LogP contribution in [-0.2, 0) is 0 Å². The van der Waals surface area contributed by atoms with Gasteiger partial charge in [-0.05, 0) is 0 Å². The third-order valence-corrected chi connectivity index (χ3v) is 2.90. The lowest BCUT2D eigenvalue weighted by Gasteiger charge is -2.34. The first-order valence-corrected chi connectivity index (χ1v) is 5.63. The molecule has 1 fully saturated rings. The fourth-order valence-electron chi connectivity index (χ4n) is 2.01. The lowest BCUT2D eigenvalue weighted by Crippen LogP contribution is -2.52. The zero-order valence-corrected chi connectivity index (χ0v) is 11.1. The van der Waals surface area contributed by atoms with E-state index in [2.05, 4.69) is 15.2 Å². The number of aromatic nitrogens is 1. The van der Waals surface area contributed by atoms with Gasteiger partial charge in [-0.1, -0.05) is 0 Å². The van der Waals surface area contributed by atoms with E-state index in [9.17, 15) is 5.11 Å². The minimum atomic E-state index is 0. The van der Waals surface area contributed by atoms with Gasteiger partial charge in [-0.2, -0.15) is 0 Å². The first kappa shape index (κ1) is 14.8. The highest BCUT2D eigenvalue weighted by atomic mass is 35.5. The second-order valence-corrected chi connectivity index (χ2v) is 4.06. The van der Waals surface area contributed by atoms with Crippen molar-refractivity contribution in [2.45, 2.75) is 6.04 Å². The van der Waals surface area contributed by atoms with E-state index in [0.29, 0.717) is 5.82 Å². The van der Waals surface area contributed by atoms with Crippen LogP contribution in [0.2, 0.25) is 0 Å². The summed E-state index contributed by atoms with van der Waals surface area (Å²) in [5.41, 5.74) is 6.54. The van der Waals surface area contributed by atoms with Gasteiger partial charge in [0, 0.05) is 31.7 Å². The number of hydrogen-bond acceptors (Lipinski definition) is 6. The maximum Gasteiger partial charge on any atom is 0.147 e. The van der Waals surface area contributed by atoms with Crippen LogP contribution in [0.15, 0.2) is 12.3 Å². The van der Waals surface area contributed by atoms with Crippen molar-refractivity contribution in [1.29, 1.82) is 0 Å². The summed E-state index contributed by atoms with van der Waals surface area (Å²) in [4.78, 5) is 6.23. The lowest BCUT2D eigenvalue weighted by atomic mass is 10.2. The van der Waals surface area contributed by atoms with E-state index < -0.39 is 0 Å². The third-order valence-electron chi connectivity index (χ3n) is 2.90. The largest absolute Gasteiger partial charge is 0.494 e. The first-order chi connectivity index (χ1) is 8.24. The second kappa shape index (κ2) is 6.63. The fourth-order valence-corrected chi connectivity index (χ4v) is 2.01. The molecule has 2 heterocycles. The zero-order valence-electron chi connectivity index (χ0n) is 10.3. The number of aliphatic hydroxyl groups excluding tert-OH is 1. The molecule has 1 atom stereocenters. The molecule has 2 rings (SSSR count). The molecule has 0 radical (unpaired) electrons. The first-order valence-electron chi connectivity index (χ1n) is 5.63. The van der Waals surface area contributed by atoms with Crippen LogP contribution in [0, 0.1) is 0 Å². The van der Waals surface area contributed by atoms with Gasteiger partial charge in [0.05, 0.1) is 25.6 Å². The molecule has 0 aliphatic carbocycles. The number of rotatable bonds is 3. The molecule has 1 aromatic heterocycles. The van der Waals surface area contributed by atoms with Crippen molar-refractivity contribution in [3.05, 3.63) is 12.3 Å². The Labute approximate surface area is 113 Å². The number of halogens is 1. The van der Waals surface area contributed by atoms with E-state index in [-0.39, 0.29) is 25.1 Å². The van der Waals surface area contributed by atoms with E-state index in [1.165, 1.54) is 0 Å². The number of nitrogens with zero attached hydrogens (tertiary/aromatic N) is 2. The molecule has 102 valence electrons. The normalized spacial score (nSPS) is 19.2. The number of ether oxygens (including phenoxy) is 1. The number of hydrogen-bond donors (Lipinski definition) is 3. The summed E-state index contributed by atoms with van der Waals surface area (Å²) >= 11 is 0. The molecule has 0 aromatic carbocycles. The van der Waals surface area contributed by atoms with Gasteiger partial charge >= 0.3 is 0 Å². The van der Waals surface area contributed by atoms with Crippen LogP contribution in [0.25, 0.3) is 0 Å². The monoisotopic (exact) mass is 274 g/mol. The predicted molar refractivity (Wildman–Crippen MR) is 73.5 cm³/mol. The molecule has 0 saturated carbocycles. The van der Waals surface area contributed by atoms with E-state index in [1.54, 1.807) is 19.4 Å². The quantitative estimate of drug-likeness (QED) is 0.712. The van der Waals surface area contributed by atoms with Crippen LogP contribution in [0.4, 0.5) is 11.5 Å². The molecule has 0 bridgehead atoms. The number of nitrogens with two attached hydrogens (primary N) is 1. The molecule has 1 saturated heterocycles. The van der Waals surface area contributed by atoms with Crippen molar-refractivity contribution in [3.63, 3.8) is 0 Å². The Bertz CT molecular complexity index is 391. The lowest BCUT2D eigenvalue weighted by molar-refractivity contribution is 0.235. The molecule has 0 amide bonds. The molecule has 18 heavy (non-hydrogen) atoms. The van der Waals surface area contributed by atoms with E-state index in [1.807, 2.05) is 0 Å². The average Bonchev–Trinajstić information content (AvgIpc) is 2.38. The van der Waals surface area contributed by atoms with Gasteiger partial charge in [0.1, 0.15) is 11.6 Å². The average molecular weight is 275 g/mol. The standard InChI is InChI=1S/C11H18N4O2.ClH/c1-17-10-4-11(12)14-5-9(10)15-3-2-13-8(6-15)7-16;/h4-5,8,13,16H,2-3,6-7H2,1H3,(H2,12,14);1H. The van der Waals surface area contributed by atoms with Crippen LogP contribution in [0.1, 0.15) is 0 Å². The van der Waals surface area contributed by atoms with Crippen LogP contribution in [-0.4, -0.2) is 49.5 Å². The number of anilines is 2. The van der Waals surface area contributed by atoms with Crippen molar-refractivity contribution in [1.82, 2.24) is 10.3 Å². The second-order valence-electron chi connectivity index (χ2n) is 4.06. The Hall–Kier alpha value is -1.24. The molecule has 1 aliphatic heterocycles. The maximum absolute atomic E-state index is 9.17. The van der Waals surface area contributed by atoms with Gasteiger partial charge in [0.2, 0.25) is 0 Å². The number of aliphatic hydroxyl groups is 1. The van der Waals surface area contributed by atoms with Gasteiger partial charge in [0.25, 0.3) is 0 Å². The molecule has 1 unspecified atom stereocenters. The topological polar surface area (TPSA) is 83.6 Å². The highest BCUT2D eigenvalue weighted by Crippen LogP contribution is 2.29. The predicted octanol–water partition coefficient (Wildman–Crippen LogP) is -0.135. The SMILES string of the molecule is COc1cc(N)ncc1N1CCNC(CO)C1.Cl. The zero-order chi connectivity index (χ0) is 12.3. The van der Waals surface area contributed by atoms with Gasteiger partial charge in [0.15, 0.2) is 0 Å². The van der Waals surface area contributed by atoms with E-state index in [0.717, 1.165) is 31.1 Å². The van der Waals surface area contributed by atoms with Crippen LogP contribution >= 0.6 is 12.4 Å². The Kier molecular flexibility index (Phi) is 5.46. The Morgan fingerprint density at radius 1 is 1.67 bits per heavy atom. The number of methoxy groups -OCH3 is 1. The van der Waals surface area contributed by atoms with Gasteiger partial charge in [-0.25, -0.2) is 4.98 Å². The van der Waals surface area contributed by atoms with Crippen LogP contribution in [0.3, 0.4) is 0 Å². The summed E-state index contributed by atoms with van der Waals surface area (Å²) in [6.07, 6.45) is 1.72. The minimum absolute atomic E-state index is 0.